The molecular formula is C14H20N2O. The van der Waals surface area contributed by atoms with Crippen molar-refractivity contribution in [3.05, 3.63) is 29.3 Å². The van der Waals surface area contributed by atoms with E-state index >= 15 is 0 Å². The highest BCUT2D eigenvalue weighted by Gasteiger charge is 2.22. The summed E-state index contributed by atoms with van der Waals surface area (Å²) >= 11 is 0. The lowest BCUT2D eigenvalue weighted by Gasteiger charge is -2.11. The van der Waals surface area contributed by atoms with Crippen molar-refractivity contribution in [2.45, 2.75) is 33.7 Å². The van der Waals surface area contributed by atoms with Crippen LogP contribution >= 0.6 is 0 Å². The van der Waals surface area contributed by atoms with E-state index in [0.717, 1.165) is 5.69 Å². The Balaban J connectivity index is 2.15. The number of aryl methyl sites for hydroxylation is 2. The number of nitrogens with one attached hydrogen (secondary N) is 1. The molecule has 1 atom stereocenters. The summed E-state index contributed by atoms with van der Waals surface area (Å²) in [5, 5.41) is 3.29. The van der Waals surface area contributed by atoms with Crippen LogP contribution in [0.3, 0.4) is 0 Å². The molecule has 92 valence electrons. The van der Waals surface area contributed by atoms with Gasteiger partial charge in [0.1, 0.15) is 6.61 Å². The maximum atomic E-state index is 5.58. The van der Waals surface area contributed by atoms with Gasteiger partial charge in [-0.05, 0) is 30.9 Å². The molecule has 1 aliphatic heterocycles. The lowest BCUT2D eigenvalue weighted by atomic mass is 10.1. The zero-order valence-corrected chi connectivity index (χ0v) is 10.9. The maximum Gasteiger partial charge on any atom is 0.289 e. The number of hydrogen-bond acceptors (Lipinski definition) is 3. The summed E-state index contributed by atoms with van der Waals surface area (Å²) < 4.78 is 5.58. The third-order valence-corrected chi connectivity index (χ3v) is 3.16. The number of aliphatic imine (C=N–C) groups is 1. The molecule has 2 rings (SSSR count). The summed E-state index contributed by atoms with van der Waals surface area (Å²) in [4.78, 5) is 4.55. The van der Waals surface area contributed by atoms with Crippen LogP contribution in [0.5, 0.6) is 0 Å². The molecule has 1 aromatic carbocycles. The van der Waals surface area contributed by atoms with E-state index in [1.807, 2.05) is 0 Å². The van der Waals surface area contributed by atoms with Gasteiger partial charge in [-0.25, -0.2) is 4.99 Å². The number of benzene rings is 1. The molecule has 0 saturated carbocycles. The van der Waals surface area contributed by atoms with Crippen LogP contribution in [-0.4, -0.2) is 18.7 Å². The predicted octanol–water partition coefficient (Wildman–Crippen LogP) is 3.13. The van der Waals surface area contributed by atoms with Crippen LogP contribution in [0.4, 0.5) is 5.69 Å². The fourth-order valence-corrected chi connectivity index (χ4v) is 1.92. The first kappa shape index (κ1) is 12.0. The van der Waals surface area contributed by atoms with E-state index < -0.39 is 0 Å². The molecule has 1 N–H and O–H groups in total. The normalized spacial score (nSPS) is 19.1. The van der Waals surface area contributed by atoms with Crippen molar-refractivity contribution in [1.82, 2.24) is 0 Å². The molecule has 0 spiro atoms. The first-order chi connectivity index (χ1) is 8.08. The van der Waals surface area contributed by atoms with Crippen molar-refractivity contribution in [3.63, 3.8) is 0 Å². The fourth-order valence-electron chi connectivity index (χ4n) is 1.92. The first-order valence-corrected chi connectivity index (χ1v) is 6.11. The van der Waals surface area contributed by atoms with Crippen LogP contribution in [-0.2, 0) is 4.74 Å². The van der Waals surface area contributed by atoms with Gasteiger partial charge in [0.15, 0.2) is 0 Å². The predicted molar refractivity (Wildman–Crippen MR) is 71.6 cm³/mol. The Morgan fingerprint density at radius 2 is 1.94 bits per heavy atom. The third kappa shape index (κ3) is 2.60. The summed E-state index contributed by atoms with van der Waals surface area (Å²) in [7, 11) is 0. The number of para-hydroxylation sites is 1. The summed E-state index contributed by atoms with van der Waals surface area (Å²) in [6.45, 7) is 9.19. The van der Waals surface area contributed by atoms with Gasteiger partial charge < -0.3 is 10.1 Å². The minimum Gasteiger partial charge on any atom is -0.463 e. The van der Waals surface area contributed by atoms with Crippen molar-refractivity contribution in [3.8, 4) is 0 Å². The van der Waals surface area contributed by atoms with Gasteiger partial charge in [0.25, 0.3) is 6.02 Å². The van der Waals surface area contributed by atoms with E-state index in [1.165, 1.54) is 11.1 Å². The molecule has 0 saturated heterocycles. The Bertz CT molecular complexity index is 418. The molecule has 3 heteroatoms. The molecule has 0 fully saturated rings. The molecule has 1 aromatic rings. The average Bonchev–Trinajstić information content (AvgIpc) is 2.72. The van der Waals surface area contributed by atoms with Gasteiger partial charge in [-0.2, -0.15) is 0 Å². The van der Waals surface area contributed by atoms with E-state index in [-0.39, 0.29) is 6.04 Å². The van der Waals surface area contributed by atoms with Gasteiger partial charge in [0, 0.05) is 5.69 Å². The number of ether oxygens (including phenoxy) is 1. The summed E-state index contributed by atoms with van der Waals surface area (Å²) in [5.74, 6) is 0.521. The van der Waals surface area contributed by atoms with Crippen molar-refractivity contribution < 1.29 is 4.74 Å². The smallest absolute Gasteiger partial charge is 0.289 e. The van der Waals surface area contributed by atoms with Crippen LogP contribution in [0.1, 0.15) is 25.0 Å². The molecule has 17 heavy (non-hydrogen) atoms. The van der Waals surface area contributed by atoms with Crippen molar-refractivity contribution in [2.75, 3.05) is 11.9 Å². The third-order valence-electron chi connectivity index (χ3n) is 3.16. The minimum atomic E-state index is 0.279. The van der Waals surface area contributed by atoms with Gasteiger partial charge in [0.05, 0.1) is 6.04 Å². The zero-order valence-electron chi connectivity index (χ0n) is 10.9. The van der Waals surface area contributed by atoms with E-state index in [0.29, 0.717) is 18.5 Å². The Kier molecular flexibility index (Phi) is 3.36. The lowest BCUT2D eigenvalue weighted by Crippen LogP contribution is -2.14. The van der Waals surface area contributed by atoms with Gasteiger partial charge in [0.2, 0.25) is 0 Å². The summed E-state index contributed by atoms with van der Waals surface area (Å²) in [6, 6.07) is 7.17. The molecule has 0 bridgehead atoms. The minimum absolute atomic E-state index is 0.279. The Labute approximate surface area is 103 Å². The van der Waals surface area contributed by atoms with Crippen molar-refractivity contribution in [2.24, 2.45) is 10.9 Å². The highest BCUT2D eigenvalue weighted by molar-refractivity contribution is 5.91. The quantitative estimate of drug-likeness (QED) is 0.850. The molecule has 0 aromatic heterocycles. The maximum absolute atomic E-state index is 5.58. The molecule has 0 unspecified atom stereocenters. The molecule has 1 aliphatic rings. The highest BCUT2D eigenvalue weighted by atomic mass is 16.5. The van der Waals surface area contributed by atoms with Crippen molar-refractivity contribution in [1.29, 1.82) is 0 Å². The van der Waals surface area contributed by atoms with Crippen LogP contribution < -0.4 is 5.32 Å². The zero-order chi connectivity index (χ0) is 12.4. The molecule has 0 radical (unpaired) electrons. The Hall–Kier alpha value is -1.51. The second-order valence-corrected chi connectivity index (χ2v) is 4.95. The summed E-state index contributed by atoms with van der Waals surface area (Å²) in [6.07, 6.45) is 0. The molecule has 3 nitrogen and oxygen atoms in total. The largest absolute Gasteiger partial charge is 0.463 e. The SMILES string of the molecule is Cc1cccc(C)c1NC1=N[C@@H](C(C)C)CO1. The second kappa shape index (κ2) is 4.78. The number of anilines is 1. The van der Waals surface area contributed by atoms with E-state index in [4.69, 9.17) is 4.74 Å². The second-order valence-electron chi connectivity index (χ2n) is 4.95. The van der Waals surface area contributed by atoms with E-state index in [2.05, 4.69) is 56.2 Å². The highest BCUT2D eigenvalue weighted by Crippen LogP contribution is 2.21. The Morgan fingerprint density at radius 3 is 2.47 bits per heavy atom. The van der Waals surface area contributed by atoms with E-state index in [1.54, 1.807) is 0 Å². The van der Waals surface area contributed by atoms with Gasteiger partial charge in [-0.15, -0.1) is 0 Å². The number of nitrogens with zero attached hydrogens (tertiary/aromatic N) is 1. The molecule has 1 heterocycles. The van der Waals surface area contributed by atoms with Crippen LogP contribution in [0.15, 0.2) is 23.2 Å². The topological polar surface area (TPSA) is 33.6 Å². The fraction of sp³-hybridized carbons (Fsp3) is 0.500. The standard InChI is InChI=1S/C14H20N2O/c1-9(2)12-8-17-14(15-12)16-13-10(3)6-5-7-11(13)4/h5-7,9,12H,8H2,1-4H3,(H,15,16)/t12-/m1/s1. The summed E-state index contributed by atoms with van der Waals surface area (Å²) in [5.41, 5.74) is 3.53. The van der Waals surface area contributed by atoms with Gasteiger partial charge in [-0.1, -0.05) is 32.0 Å². The molecule has 0 aliphatic carbocycles. The first-order valence-electron chi connectivity index (χ1n) is 6.11. The van der Waals surface area contributed by atoms with Crippen molar-refractivity contribution >= 4 is 11.7 Å². The molecular weight excluding hydrogens is 212 g/mol. The lowest BCUT2D eigenvalue weighted by molar-refractivity contribution is 0.290. The number of amidine groups is 1. The van der Waals surface area contributed by atoms with E-state index in [9.17, 15) is 0 Å². The number of hydrogen-bond donors (Lipinski definition) is 1. The molecule has 0 amide bonds. The average molecular weight is 232 g/mol. The Morgan fingerprint density at radius 1 is 1.29 bits per heavy atom. The van der Waals surface area contributed by atoms with Crippen LogP contribution in [0.25, 0.3) is 0 Å². The van der Waals surface area contributed by atoms with Crippen LogP contribution in [0.2, 0.25) is 0 Å². The van der Waals surface area contributed by atoms with Gasteiger partial charge >= 0.3 is 0 Å². The van der Waals surface area contributed by atoms with Crippen LogP contribution in [0, 0.1) is 19.8 Å². The number of rotatable bonds is 2. The monoisotopic (exact) mass is 232 g/mol. The van der Waals surface area contributed by atoms with Gasteiger partial charge in [-0.3, -0.25) is 0 Å².